The summed E-state index contributed by atoms with van der Waals surface area (Å²) >= 11 is 0. The van der Waals surface area contributed by atoms with Crippen molar-refractivity contribution in [2.45, 2.75) is 90.9 Å². The van der Waals surface area contributed by atoms with Crippen LogP contribution in [-0.4, -0.2) is 0 Å². The Morgan fingerprint density at radius 2 is 1.41 bits per heavy atom. The van der Waals surface area contributed by atoms with Crippen LogP contribution in [-0.2, 0) is 0 Å². The fraction of sp³-hybridized carbons (Fsp3) is 1.00. The van der Waals surface area contributed by atoms with Gasteiger partial charge < -0.3 is 0 Å². The SMILES string of the molecule is CC(C1CCCCC1)C1CCC2C3CCCCC3CC2C1C. The van der Waals surface area contributed by atoms with E-state index in [1.165, 1.54) is 25.7 Å². The molecular formula is C22H38. The predicted molar refractivity (Wildman–Crippen MR) is 94.7 cm³/mol. The summed E-state index contributed by atoms with van der Waals surface area (Å²) in [5, 5.41) is 0. The predicted octanol–water partition coefficient (Wildman–Crippen LogP) is 6.69. The molecule has 0 saturated heterocycles. The molecule has 4 fully saturated rings. The van der Waals surface area contributed by atoms with Crippen LogP contribution in [0.1, 0.15) is 90.9 Å². The van der Waals surface area contributed by atoms with Crippen molar-refractivity contribution in [3.63, 3.8) is 0 Å². The molecule has 0 aromatic rings. The molecule has 0 heteroatoms. The number of hydrogen-bond acceptors (Lipinski definition) is 0. The van der Waals surface area contributed by atoms with Gasteiger partial charge in [-0.05, 0) is 73.0 Å². The van der Waals surface area contributed by atoms with E-state index in [0.29, 0.717) is 0 Å². The fourth-order valence-corrected chi connectivity index (χ4v) is 7.68. The third-order valence-corrected chi connectivity index (χ3v) is 8.90. The molecule has 0 aromatic carbocycles. The van der Waals surface area contributed by atoms with Gasteiger partial charge in [0.15, 0.2) is 0 Å². The molecule has 4 aliphatic rings. The van der Waals surface area contributed by atoms with Crippen molar-refractivity contribution in [3.8, 4) is 0 Å². The first kappa shape index (κ1) is 15.5. The van der Waals surface area contributed by atoms with E-state index in [9.17, 15) is 0 Å². The molecule has 7 unspecified atom stereocenters. The van der Waals surface area contributed by atoms with Crippen molar-refractivity contribution >= 4 is 0 Å². The second-order valence-electron chi connectivity index (χ2n) is 9.63. The van der Waals surface area contributed by atoms with Crippen LogP contribution in [0.5, 0.6) is 0 Å². The van der Waals surface area contributed by atoms with Crippen LogP contribution >= 0.6 is 0 Å². The molecule has 22 heavy (non-hydrogen) atoms. The molecule has 0 aromatic heterocycles. The van der Waals surface area contributed by atoms with Crippen molar-refractivity contribution in [3.05, 3.63) is 0 Å². The quantitative estimate of drug-likeness (QED) is 0.533. The van der Waals surface area contributed by atoms with Crippen LogP contribution in [0.25, 0.3) is 0 Å². The molecule has 0 amide bonds. The Balaban J connectivity index is 1.44. The highest BCUT2D eigenvalue weighted by Crippen LogP contribution is 2.58. The molecule has 0 radical (unpaired) electrons. The van der Waals surface area contributed by atoms with Gasteiger partial charge in [-0.1, -0.05) is 65.2 Å². The highest BCUT2D eigenvalue weighted by atomic mass is 14.5. The van der Waals surface area contributed by atoms with Crippen LogP contribution in [0, 0.1) is 47.3 Å². The van der Waals surface area contributed by atoms with Crippen molar-refractivity contribution in [1.29, 1.82) is 0 Å². The minimum atomic E-state index is 1.01. The van der Waals surface area contributed by atoms with E-state index in [2.05, 4.69) is 13.8 Å². The summed E-state index contributed by atoms with van der Waals surface area (Å²) in [6.45, 7) is 5.30. The molecule has 0 aliphatic heterocycles. The van der Waals surface area contributed by atoms with Crippen molar-refractivity contribution < 1.29 is 0 Å². The van der Waals surface area contributed by atoms with E-state index in [0.717, 1.165) is 47.3 Å². The summed E-state index contributed by atoms with van der Waals surface area (Å²) in [6, 6.07) is 0. The van der Waals surface area contributed by atoms with Gasteiger partial charge in [-0.15, -0.1) is 0 Å². The van der Waals surface area contributed by atoms with Gasteiger partial charge >= 0.3 is 0 Å². The first-order valence-electron chi connectivity index (χ1n) is 10.8. The van der Waals surface area contributed by atoms with E-state index in [1.54, 1.807) is 51.4 Å². The maximum atomic E-state index is 2.66. The maximum Gasteiger partial charge on any atom is -0.0352 e. The molecule has 0 bridgehead atoms. The van der Waals surface area contributed by atoms with Gasteiger partial charge in [0, 0.05) is 0 Å². The fourth-order valence-electron chi connectivity index (χ4n) is 7.68. The summed E-state index contributed by atoms with van der Waals surface area (Å²) in [5.41, 5.74) is 0. The third-order valence-electron chi connectivity index (χ3n) is 8.90. The van der Waals surface area contributed by atoms with Crippen LogP contribution in [0.4, 0.5) is 0 Å². The molecule has 4 saturated carbocycles. The van der Waals surface area contributed by atoms with E-state index >= 15 is 0 Å². The summed E-state index contributed by atoms with van der Waals surface area (Å²) in [6.07, 6.45) is 18.7. The lowest BCUT2D eigenvalue weighted by molar-refractivity contribution is 0.0411. The first-order valence-corrected chi connectivity index (χ1v) is 10.8. The zero-order valence-corrected chi connectivity index (χ0v) is 15.1. The normalized spacial score (nSPS) is 47.7. The Bertz CT molecular complexity index is 366. The van der Waals surface area contributed by atoms with Crippen molar-refractivity contribution in [1.82, 2.24) is 0 Å². The standard InChI is InChI=1S/C22H38/c1-15(17-8-4-3-5-9-17)19-12-13-21-20-11-7-6-10-18(20)14-22(21)16(19)2/h15-22H,3-14H2,1-2H3. The molecule has 4 rings (SSSR count). The van der Waals surface area contributed by atoms with Crippen LogP contribution in [0.3, 0.4) is 0 Å². The summed E-state index contributed by atoms with van der Waals surface area (Å²) < 4.78 is 0. The lowest BCUT2D eigenvalue weighted by atomic mass is 9.60. The van der Waals surface area contributed by atoms with Gasteiger partial charge in [-0.25, -0.2) is 0 Å². The average molecular weight is 303 g/mol. The Hall–Kier alpha value is 0. The first-order chi connectivity index (χ1) is 10.8. The third kappa shape index (κ3) is 2.67. The smallest absolute Gasteiger partial charge is 0.0352 e. The average Bonchev–Trinajstić information content (AvgIpc) is 2.95. The van der Waals surface area contributed by atoms with E-state index in [1.807, 2.05) is 0 Å². The molecule has 0 N–H and O–H groups in total. The number of fused-ring (bicyclic) bond motifs is 3. The number of rotatable bonds is 2. The van der Waals surface area contributed by atoms with Crippen LogP contribution in [0.15, 0.2) is 0 Å². The molecular weight excluding hydrogens is 264 g/mol. The van der Waals surface area contributed by atoms with Gasteiger partial charge in [-0.2, -0.15) is 0 Å². The van der Waals surface area contributed by atoms with Gasteiger partial charge in [0.05, 0.1) is 0 Å². The van der Waals surface area contributed by atoms with E-state index < -0.39 is 0 Å². The minimum Gasteiger partial charge on any atom is -0.0620 e. The maximum absolute atomic E-state index is 2.66. The second-order valence-corrected chi connectivity index (χ2v) is 9.63. The lowest BCUT2D eigenvalue weighted by Crippen LogP contribution is -2.37. The van der Waals surface area contributed by atoms with Crippen molar-refractivity contribution in [2.24, 2.45) is 47.3 Å². The summed E-state index contributed by atoms with van der Waals surface area (Å²) in [4.78, 5) is 0. The molecule has 0 spiro atoms. The second kappa shape index (κ2) is 6.48. The summed E-state index contributed by atoms with van der Waals surface area (Å²) in [7, 11) is 0. The molecule has 0 nitrogen and oxygen atoms in total. The van der Waals surface area contributed by atoms with Gasteiger partial charge in [0.1, 0.15) is 0 Å². The molecule has 0 heterocycles. The van der Waals surface area contributed by atoms with Gasteiger partial charge in [0.25, 0.3) is 0 Å². The summed E-state index contributed by atoms with van der Waals surface area (Å²) in [5.74, 6) is 8.70. The molecule has 126 valence electrons. The van der Waals surface area contributed by atoms with E-state index in [-0.39, 0.29) is 0 Å². The van der Waals surface area contributed by atoms with Gasteiger partial charge in [-0.3, -0.25) is 0 Å². The van der Waals surface area contributed by atoms with Crippen LogP contribution < -0.4 is 0 Å². The highest BCUT2D eigenvalue weighted by molar-refractivity contribution is 4.99. The Labute approximate surface area is 138 Å². The Kier molecular flexibility index (Phi) is 4.57. The highest BCUT2D eigenvalue weighted by Gasteiger charge is 2.50. The molecule has 4 aliphatic carbocycles. The zero-order valence-electron chi connectivity index (χ0n) is 15.1. The largest absolute Gasteiger partial charge is 0.0620 e. The van der Waals surface area contributed by atoms with Crippen molar-refractivity contribution in [2.75, 3.05) is 0 Å². The van der Waals surface area contributed by atoms with Crippen LogP contribution in [0.2, 0.25) is 0 Å². The van der Waals surface area contributed by atoms with E-state index in [4.69, 9.17) is 0 Å². The number of hydrogen-bond donors (Lipinski definition) is 0. The Morgan fingerprint density at radius 3 is 2.23 bits per heavy atom. The Morgan fingerprint density at radius 1 is 0.682 bits per heavy atom. The van der Waals surface area contributed by atoms with Gasteiger partial charge in [0.2, 0.25) is 0 Å². The minimum absolute atomic E-state index is 1.01. The molecule has 7 atom stereocenters. The monoisotopic (exact) mass is 302 g/mol. The topological polar surface area (TPSA) is 0 Å². The zero-order chi connectivity index (χ0) is 15.1. The lowest BCUT2D eigenvalue weighted by Gasteiger charge is -2.45.